The number of pyridine rings is 1. The van der Waals surface area contributed by atoms with Gasteiger partial charge in [0.25, 0.3) is 0 Å². The van der Waals surface area contributed by atoms with Crippen molar-refractivity contribution in [1.82, 2.24) is 10.4 Å². The molecule has 1 atom stereocenters. The minimum Gasteiger partial charge on any atom is -0.271 e. The number of nitrogens with two attached hydrogens (primary N) is 1. The van der Waals surface area contributed by atoms with Crippen molar-refractivity contribution < 1.29 is 0 Å². The highest BCUT2D eigenvalue weighted by Gasteiger charge is 2.13. The van der Waals surface area contributed by atoms with E-state index in [1.165, 1.54) is 0 Å². The zero-order valence-electron chi connectivity index (χ0n) is 8.90. The smallest absolute Gasteiger partial charge is 0.0881 e. The van der Waals surface area contributed by atoms with E-state index in [2.05, 4.69) is 26.3 Å². The number of rotatable bonds is 3. The average Bonchev–Trinajstić information content (AvgIpc) is 2.33. The minimum atomic E-state index is -0.165. The third kappa shape index (κ3) is 3.04. The first-order valence-electron chi connectivity index (χ1n) is 5.04. The molecule has 0 amide bonds. The van der Waals surface area contributed by atoms with Crippen LogP contribution in [0.15, 0.2) is 47.1 Å². The van der Waals surface area contributed by atoms with Crippen LogP contribution in [0.4, 0.5) is 0 Å². The summed E-state index contributed by atoms with van der Waals surface area (Å²) in [4.78, 5) is 4.32. The highest BCUT2D eigenvalue weighted by molar-refractivity contribution is 9.10. The van der Waals surface area contributed by atoms with Crippen LogP contribution in [0.5, 0.6) is 0 Å². The highest BCUT2D eigenvalue weighted by atomic mass is 79.9. The van der Waals surface area contributed by atoms with Crippen LogP contribution >= 0.6 is 27.5 Å². The Morgan fingerprint density at radius 3 is 2.71 bits per heavy atom. The van der Waals surface area contributed by atoms with Crippen molar-refractivity contribution in [2.45, 2.75) is 6.04 Å². The summed E-state index contributed by atoms with van der Waals surface area (Å²) in [5.74, 6) is 5.58. The first kappa shape index (κ1) is 12.5. The first-order valence-corrected chi connectivity index (χ1v) is 6.21. The summed E-state index contributed by atoms with van der Waals surface area (Å²) in [7, 11) is 0. The van der Waals surface area contributed by atoms with E-state index in [0.717, 1.165) is 15.7 Å². The number of hydrogen-bond donors (Lipinski definition) is 2. The van der Waals surface area contributed by atoms with E-state index in [4.69, 9.17) is 17.4 Å². The SMILES string of the molecule is NNC(c1cccc(Cl)c1)c1ccc(Br)cn1. The molecule has 2 rings (SSSR count). The molecular formula is C12H11BrClN3. The molecule has 2 aromatic rings. The number of benzene rings is 1. The van der Waals surface area contributed by atoms with Gasteiger partial charge in [0.2, 0.25) is 0 Å². The Labute approximate surface area is 113 Å². The Morgan fingerprint density at radius 1 is 1.29 bits per heavy atom. The quantitative estimate of drug-likeness (QED) is 0.676. The largest absolute Gasteiger partial charge is 0.271 e. The summed E-state index contributed by atoms with van der Waals surface area (Å²) >= 11 is 9.31. The van der Waals surface area contributed by atoms with Gasteiger partial charge in [0, 0.05) is 15.7 Å². The molecule has 0 aliphatic rings. The normalized spacial score (nSPS) is 12.4. The third-order valence-corrected chi connectivity index (χ3v) is 3.10. The van der Waals surface area contributed by atoms with Crippen LogP contribution in [0.3, 0.4) is 0 Å². The van der Waals surface area contributed by atoms with E-state index >= 15 is 0 Å². The molecule has 0 aliphatic heterocycles. The Hall–Kier alpha value is -0.940. The monoisotopic (exact) mass is 311 g/mol. The van der Waals surface area contributed by atoms with Crippen molar-refractivity contribution in [3.8, 4) is 0 Å². The molecule has 0 fully saturated rings. The van der Waals surface area contributed by atoms with Crippen LogP contribution in [0.25, 0.3) is 0 Å². The molecule has 5 heteroatoms. The lowest BCUT2D eigenvalue weighted by Gasteiger charge is -2.16. The molecule has 17 heavy (non-hydrogen) atoms. The summed E-state index contributed by atoms with van der Waals surface area (Å²) in [6.45, 7) is 0. The molecule has 88 valence electrons. The number of halogens is 2. The fourth-order valence-electron chi connectivity index (χ4n) is 1.60. The maximum absolute atomic E-state index is 5.96. The molecule has 0 saturated heterocycles. The van der Waals surface area contributed by atoms with Crippen molar-refractivity contribution in [2.24, 2.45) is 5.84 Å². The molecular weight excluding hydrogens is 302 g/mol. The molecule has 0 saturated carbocycles. The van der Waals surface area contributed by atoms with Gasteiger partial charge in [0.05, 0.1) is 11.7 Å². The zero-order chi connectivity index (χ0) is 12.3. The molecule has 0 radical (unpaired) electrons. The van der Waals surface area contributed by atoms with Gasteiger partial charge in [-0.2, -0.15) is 0 Å². The molecule has 3 nitrogen and oxygen atoms in total. The number of nitrogens with zero attached hydrogens (tertiary/aromatic N) is 1. The van der Waals surface area contributed by atoms with Gasteiger partial charge in [-0.05, 0) is 45.8 Å². The van der Waals surface area contributed by atoms with E-state index in [-0.39, 0.29) is 6.04 Å². The van der Waals surface area contributed by atoms with E-state index in [9.17, 15) is 0 Å². The van der Waals surface area contributed by atoms with E-state index in [1.807, 2.05) is 36.4 Å². The topological polar surface area (TPSA) is 50.9 Å². The van der Waals surface area contributed by atoms with Gasteiger partial charge in [-0.1, -0.05) is 23.7 Å². The minimum absolute atomic E-state index is 0.165. The Morgan fingerprint density at radius 2 is 2.12 bits per heavy atom. The second kappa shape index (κ2) is 5.60. The van der Waals surface area contributed by atoms with Crippen molar-refractivity contribution in [2.75, 3.05) is 0 Å². The first-order chi connectivity index (χ1) is 8.20. The standard InChI is InChI=1S/C12H11BrClN3/c13-9-4-5-11(16-7-9)12(17-15)8-2-1-3-10(14)6-8/h1-7,12,17H,15H2. The predicted octanol–water partition coefficient (Wildman–Crippen LogP) is 3.05. The molecule has 3 N–H and O–H groups in total. The van der Waals surface area contributed by atoms with Gasteiger partial charge in [0.1, 0.15) is 0 Å². The Bertz CT molecular complexity index is 501. The number of aromatic nitrogens is 1. The maximum atomic E-state index is 5.96. The summed E-state index contributed by atoms with van der Waals surface area (Å²) in [5.41, 5.74) is 4.57. The van der Waals surface area contributed by atoms with Gasteiger partial charge >= 0.3 is 0 Å². The maximum Gasteiger partial charge on any atom is 0.0881 e. The van der Waals surface area contributed by atoms with Crippen LogP contribution in [-0.4, -0.2) is 4.98 Å². The van der Waals surface area contributed by atoms with Crippen molar-refractivity contribution in [3.05, 3.63) is 63.3 Å². The van der Waals surface area contributed by atoms with E-state index in [0.29, 0.717) is 5.02 Å². The molecule has 1 unspecified atom stereocenters. The van der Waals surface area contributed by atoms with Gasteiger partial charge < -0.3 is 0 Å². The van der Waals surface area contributed by atoms with Gasteiger partial charge in [-0.25, -0.2) is 5.43 Å². The van der Waals surface area contributed by atoms with Crippen molar-refractivity contribution in [1.29, 1.82) is 0 Å². The van der Waals surface area contributed by atoms with E-state index < -0.39 is 0 Å². The van der Waals surface area contributed by atoms with Crippen LogP contribution in [-0.2, 0) is 0 Å². The molecule has 0 bridgehead atoms. The zero-order valence-corrected chi connectivity index (χ0v) is 11.2. The fraction of sp³-hybridized carbons (Fsp3) is 0.0833. The molecule has 0 aliphatic carbocycles. The molecule has 1 aromatic heterocycles. The van der Waals surface area contributed by atoms with Crippen molar-refractivity contribution in [3.63, 3.8) is 0 Å². The van der Waals surface area contributed by atoms with Crippen LogP contribution in [0.1, 0.15) is 17.3 Å². The van der Waals surface area contributed by atoms with Gasteiger partial charge in [-0.15, -0.1) is 0 Å². The lowest BCUT2D eigenvalue weighted by Crippen LogP contribution is -2.29. The number of nitrogens with one attached hydrogen (secondary N) is 1. The molecule has 1 heterocycles. The second-order valence-electron chi connectivity index (χ2n) is 3.56. The molecule has 1 aromatic carbocycles. The lowest BCUT2D eigenvalue weighted by atomic mass is 10.0. The number of hydrazine groups is 1. The predicted molar refractivity (Wildman–Crippen MR) is 72.6 cm³/mol. The van der Waals surface area contributed by atoms with Crippen LogP contribution < -0.4 is 11.3 Å². The summed E-state index contributed by atoms with van der Waals surface area (Å²) in [5, 5.41) is 0.680. The summed E-state index contributed by atoms with van der Waals surface area (Å²) < 4.78 is 0.933. The highest BCUT2D eigenvalue weighted by Crippen LogP contribution is 2.23. The summed E-state index contributed by atoms with van der Waals surface area (Å²) in [6, 6.07) is 11.2. The third-order valence-electron chi connectivity index (χ3n) is 2.39. The van der Waals surface area contributed by atoms with Crippen LogP contribution in [0.2, 0.25) is 5.02 Å². The Kier molecular flexibility index (Phi) is 4.12. The van der Waals surface area contributed by atoms with Crippen LogP contribution in [0, 0.1) is 0 Å². The average molecular weight is 313 g/mol. The van der Waals surface area contributed by atoms with Gasteiger partial charge in [0.15, 0.2) is 0 Å². The summed E-state index contributed by atoms with van der Waals surface area (Å²) in [6.07, 6.45) is 1.74. The van der Waals surface area contributed by atoms with Crippen molar-refractivity contribution >= 4 is 27.5 Å². The van der Waals surface area contributed by atoms with E-state index in [1.54, 1.807) is 6.20 Å². The lowest BCUT2D eigenvalue weighted by molar-refractivity contribution is 0.620. The van der Waals surface area contributed by atoms with Gasteiger partial charge in [-0.3, -0.25) is 10.8 Å². The second-order valence-corrected chi connectivity index (χ2v) is 4.91. The molecule has 0 spiro atoms. The number of hydrogen-bond acceptors (Lipinski definition) is 3. The Balaban J connectivity index is 2.36. The fourth-order valence-corrected chi connectivity index (χ4v) is 2.03.